The van der Waals surface area contributed by atoms with Gasteiger partial charge in [0.1, 0.15) is 6.61 Å². The van der Waals surface area contributed by atoms with E-state index in [4.69, 9.17) is 0 Å². The third kappa shape index (κ3) is 3.11. The van der Waals surface area contributed by atoms with Crippen LogP contribution in [0.25, 0.3) is 0 Å². The molecule has 1 aliphatic rings. The average Bonchev–Trinajstić information content (AvgIpc) is 2.28. The summed E-state index contributed by atoms with van der Waals surface area (Å²) in [5.41, 5.74) is -0.392. The predicted octanol–water partition coefficient (Wildman–Crippen LogP) is 1.88. The van der Waals surface area contributed by atoms with E-state index >= 15 is 0 Å². The summed E-state index contributed by atoms with van der Waals surface area (Å²) < 4.78 is 0. The van der Waals surface area contributed by atoms with E-state index in [1.807, 2.05) is 43.4 Å². The van der Waals surface area contributed by atoms with E-state index in [1.165, 1.54) is 0 Å². The summed E-state index contributed by atoms with van der Waals surface area (Å²) in [6, 6.07) is 0. The van der Waals surface area contributed by atoms with E-state index < -0.39 is 10.5 Å². The maximum absolute atomic E-state index is 9.99. The van der Waals surface area contributed by atoms with Crippen LogP contribution in [0.2, 0.25) is 0 Å². The van der Waals surface area contributed by atoms with Gasteiger partial charge in [-0.2, -0.15) is 0 Å². The molecule has 1 rings (SSSR count). The minimum Gasteiger partial charge on any atom is -0.313 e. The number of allylic oxidation sites excluding steroid dienone is 4. The zero-order chi connectivity index (χ0) is 9.73. The molecule has 0 spiro atoms. The van der Waals surface area contributed by atoms with Crippen molar-refractivity contribution in [3.05, 3.63) is 46.6 Å². The quantitative estimate of drug-likeness (QED) is 0.493. The molecule has 0 aliphatic heterocycles. The molecular formula is C9H11NO3. The van der Waals surface area contributed by atoms with Crippen LogP contribution in [0, 0.1) is 15.5 Å². The van der Waals surface area contributed by atoms with E-state index in [-0.39, 0.29) is 6.61 Å². The zero-order valence-electron chi connectivity index (χ0n) is 7.34. The van der Waals surface area contributed by atoms with Gasteiger partial charge in [-0.3, -0.25) is 0 Å². The maximum Gasteiger partial charge on any atom is 0.294 e. The summed E-state index contributed by atoms with van der Waals surface area (Å²) in [4.78, 5) is 14.3. The maximum atomic E-state index is 9.99. The molecule has 13 heavy (non-hydrogen) atoms. The molecule has 0 fully saturated rings. The molecule has 0 unspecified atom stereocenters. The van der Waals surface area contributed by atoms with Crippen molar-refractivity contribution < 1.29 is 9.92 Å². The van der Waals surface area contributed by atoms with Crippen molar-refractivity contribution in [3.63, 3.8) is 0 Å². The first kappa shape index (κ1) is 9.51. The smallest absolute Gasteiger partial charge is 0.294 e. The summed E-state index contributed by atoms with van der Waals surface area (Å²) in [6.07, 6.45) is 11.2. The van der Waals surface area contributed by atoms with Gasteiger partial charge < -0.3 is 4.84 Å². The molecule has 0 aromatic carbocycles. The standard InChI is InChI=1S/C9H11NO3/c1-9(8-13-10(11)12)6-4-2-3-5-7-9/h2-7H,8H2,1H3. The second kappa shape index (κ2) is 3.89. The van der Waals surface area contributed by atoms with Crippen molar-refractivity contribution in [1.82, 2.24) is 0 Å². The molecule has 0 N–H and O–H groups in total. The Bertz CT molecular complexity index is 263. The Morgan fingerprint density at radius 3 is 2.31 bits per heavy atom. The van der Waals surface area contributed by atoms with E-state index in [2.05, 4.69) is 4.84 Å². The summed E-state index contributed by atoms with van der Waals surface area (Å²) in [5, 5.41) is 9.22. The van der Waals surface area contributed by atoms with Gasteiger partial charge in [-0.25, -0.2) is 0 Å². The average molecular weight is 181 g/mol. The first-order chi connectivity index (χ1) is 6.12. The number of hydrogen-bond donors (Lipinski definition) is 0. The van der Waals surface area contributed by atoms with Crippen molar-refractivity contribution in [3.8, 4) is 0 Å². The van der Waals surface area contributed by atoms with Crippen molar-refractivity contribution >= 4 is 0 Å². The SMILES string of the molecule is CC1(CO[N+](=O)[O-])C=CC=CC=C1. The molecular weight excluding hydrogens is 170 g/mol. The van der Waals surface area contributed by atoms with E-state index in [1.54, 1.807) is 0 Å². The molecule has 0 aromatic rings. The molecule has 0 atom stereocenters. The Morgan fingerprint density at radius 2 is 1.85 bits per heavy atom. The van der Waals surface area contributed by atoms with Crippen LogP contribution in [0.3, 0.4) is 0 Å². The third-order valence-corrected chi connectivity index (χ3v) is 1.77. The first-order valence-electron chi connectivity index (χ1n) is 3.93. The second-order valence-electron chi connectivity index (χ2n) is 3.11. The predicted molar refractivity (Wildman–Crippen MR) is 48.5 cm³/mol. The highest BCUT2D eigenvalue weighted by molar-refractivity contribution is 5.23. The largest absolute Gasteiger partial charge is 0.313 e. The highest BCUT2D eigenvalue weighted by Gasteiger charge is 2.19. The highest BCUT2D eigenvalue weighted by atomic mass is 16.9. The Balaban J connectivity index is 2.60. The lowest BCUT2D eigenvalue weighted by Crippen LogP contribution is -2.20. The number of rotatable bonds is 3. The van der Waals surface area contributed by atoms with Crippen molar-refractivity contribution in [2.24, 2.45) is 5.41 Å². The fourth-order valence-electron chi connectivity index (χ4n) is 1.02. The minimum atomic E-state index is -0.773. The van der Waals surface area contributed by atoms with E-state index in [0.29, 0.717) is 0 Å². The van der Waals surface area contributed by atoms with Crippen LogP contribution in [-0.4, -0.2) is 11.7 Å². The van der Waals surface area contributed by atoms with Crippen LogP contribution < -0.4 is 0 Å². The number of hydrogen-bond acceptors (Lipinski definition) is 3. The molecule has 0 aromatic heterocycles. The van der Waals surface area contributed by atoms with Gasteiger partial charge in [0.25, 0.3) is 5.09 Å². The summed E-state index contributed by atoms with van der Waals surface area (Å²) in [6.45, 7) is 1.92. The van der Waals surface area contributed by atoms with Crippen LogP contribution in [-0.2, 0) is 4.84 Å². The zero-order valence-corrected chi connectivity index (χ0v) is 7.34. The molecule has 0 amide bonds. The second-order valence-corrected chi connectivity index (χ2v) is 3.11. The van der Waals surface area contributed by atoms with Crippen molar-refractivity contribution in [2.45, 2.75) is 6.92 Å². The number of nitrogens with zero attached hydrogens (tertiary/aromatic N) is 1. The molecule has 0 saturated carbocycles. The topological polar surface area (TPSA) is 52.4 Å². The van der Waals surface area contributed by atoms with Gasteiger partial charge in [0, 0.05) is 5.41 Å². The molecule has 1 aliphatic carbocycles. The summed E-state index contributed by atoms with van der Waals surface area (Å²) in [5.74, 6) is 0. The van der Waals surface area contributed by atoms with Gasteiger partial charge in [0.15, 0.2) is 0 Å². The van der Waals surface area contributed by atoms with Crippen LogP contribution in [0.1, 0.15) is 6.92 Å². The normalized spacial score (nSPS) is 18.2. The van der Waals surface area contributed by atoms with Gasteiger partial charge in [-0.15, -0.1) is 10.1 Å². The minimum absolute atomic E-state index is 0.0503. The van der Waals surface area contributed by atoms with Gasteiger partial charge in [-0.1, -0.05) is 43.4 Å². The fraction of sp³-hybridized carbons (Fsp3) is 0.333. The van der Waals surface area contributed by atoms with Crippen LogP contribution >= 0.6 is 0 Å². The molecule has 4 nitrogen and oxygen atoms in total. The molecule has 0 heterocycles. The summed E-state index contributed by atoms with van der Waals surface area (Å²) in [7, 11) is 0. The fourth-order valence-corrected chi connectivity index (χ4v) is 1.02. The lowest BCUT2D eigenvalue weighted by molar-refractivity contribution is -0.759. The van der Waals surface area contributed by atoms with Gasteiger partial charge in [0.05, 0.1) is 0 Å². The van der Waals surface area contributed by atoms with Crippen molar-refractivity contribution in [1.29, 1.82) is 0 Å². The van der Waals surface area contributed by atoms with Gasteiger partial charge >= 0.3 is 0 Å². The molecule has 0 bridgehead atoms. The highest BCUT2D eigenvalue weighted by Crippen LogP contribution is 2.22. The van der Waals surface area contributed by atoms with Crippen molar-refractivity contribution in [2.75, 3.05) is 6.61 Å². The molecule has 0 radical (unpaired) electrons. The van der Waals surface area contributed by atoms with Crippen LogP contribution in [0.4, 0.5) is 0 Å². The lowest BCUT2D eigenvalue weighted by atomic mass is 9.91. The first-order valence-corrected chi connectivity index (χ1v) is 3.93. The van der Waals surface area contributed by atoms with Crippen LogP contribution in [0.15, 0.2) is 36.5 Å². The Hall–Kier alpha value is -1.58. The van der Waals surface area contributed by atoms with Crippen LogP contribution in [0.5, 0.6) is 0 Å². The Labute approximate surface area is 76.3 Å². The Kier molecular flexibility index (Phi) is 2.84. The molecule has 4 heteroatoms. The van der Waals surface area contributed by atoms with E-state index in [9.17, 15) is 10.1 Å². The summed E-state index contributed by atoms with van der Waals surface area (Å²) >= 11 is 0. The molecule has 0 saturated heterocycles. The van der Waals surface area contributed by atoms with Gasteiger partial charge in [0.2, 0.25) is 0 Å². The lowest BCUT2D eigenvalue weighted by Gasteiger charge is -2.19. The Morgan fingerprint density at radius 1 is 1.31 bits per heavy atom. The monoisotopic (exact) mass is 181 g/mol. The van der Waals surface area contributed by atoms with Gasteiger partial charge in [-0.05, 0) is 0 Å². The third-order valence-electron chi connectivity index (χ3n) is 1.77. The molecule has 70 valence electrons. The van der Waals surface area contributed by atoms with E-state index in [0.717, 1.165) is 0 Å².